The van der Waals surface area contributed by atoms with Crippen molar-refractivity contribution in [3.05, 3.63) is 12.2 Å². The Morgan fingerprint density at radius 2 is 2.00 bits per heavy atom. The monoisotopic (exact) mass is 235 g/mol. The van der Waals surface area contributed by atoms with Gasteiger partial charge in [0.15, 0.2) is 0 Å². The molecule has 0 saturated heterocycles. The number of rotatable bonds is 4. The van der Waals surface area contributed by atoms with Crippen LogP contribution in [0, 0.1) is 0 Å². The first kappa shape index (κ1) is 14.7. The molecule has 0 aliphatic carbocycles. The molecule has 1 unspecified atom stereocenters. The molecule has 0 amide bonds. The van der Waals surface area contributed by atoms with Crippen molar-refractivity contribution in [1.29, 1.82) is 0 Å². The molecule has 0 heterocycles. The number of carbonyl (C=O) groups excluding carboxylic acids is 1. The molecule has 13 heavy (non-hydrogen) atoms. The van der Waals surface area contributed by atoms with Gasteiger partial charge < -0.3 is 9.84 Å². The largest absolute Gasteiger partial charge is 0.481 e. The van der Waals surface area contributed by atoms with Crippen LogP contribution >= 0.6 is 0 Å². The molecule has 0 bridgehead atoms. The van der Waals surface area contributed by atoms with Crippen molar-refractivity contribution in [3.63, 3.8) is 0 Å². The molecular formula is C8H12CuO4. The van der Waals surface area contributed by atoms with Crippen molar-refractivity contribution in [1.82, 2.24) is 0 Å². The zero-order chi connectivity index (χ0) is 9.72. The SMILES string of the molecule is C=C(C)C(=O)OC(C)CC(=O)O.[Cu]. The van der Waals surface area contributed by atoms with Crippen molar-refractivity contribution in [2.75, 3.05) is 0 Å². The minimum atomic E-state index is -0.989. The van der Waals surface area contributed by atoms with E-state index in [0.717, 1.165) is 0 Å². The summed E-state index contributed by atoms with van der Waals surface area (Å²) >= 11 is 0. The third-order valence-electron chi connectivity index (χ3n) is 1.12. The van der Waals surface area contributed by atoms with Gasteiger partial charge in [-0.1, -0.05) is 6.58 Å². The van der Waals surface area contributed by atoms with Gasteiger partial charge in [-0.2, -0.15) is 0 Å². The second-order valence-electron chi connectivity index (χ2n) is 2.59. The average molecular weight is 236 g/mol. The molecule has 0 rings (SSSR count). The Balaban J connectivity index is 0. The van der Waals surface area contributed by atoms with Crippen molar-refractivity contribution in [2.24, 2.45) is 0 Å². The summed E-state index contributed by atoms with van der Waals surface area (Å²) in [6.07, 6.45) is -0.786. The Morgan fingerprint density at radius 1 is 1.54 bits per heavy atom. The number of ether oxygens (including phenoxy) is 1. The van der Waals surface area contributed by atoms with Gasteiger partial charge >= 0.3 is 11.9 Å². The summed E-state index contributed by atoms with van der Waals surface area (Å²) in [5, 5.41) is 8.32. The fraction of sp³-hybridized carbons (Fsp3) is 0.500. The zero-order valence-electron chi connectivity index (χ0n) is 7.47. The predicted molar refractivity (Wildman–Crippen MR) is 42.6 cm³/mol. The van der Waals surface area contributed by atoms with Gasteiger partial charge in [-0.05, 0) is 13.8 Å². The Kier molecular flexibility index (Phi) is 7.57. The van der Waals surface area contributed by atoms with Gasteiger partial charge in [-0.3, -0.25) is 4.79 Å². The summed E-state index contributed by atoms with van der Waals surface area (Å²) < 4.78 is 4.70. The van der Waals surface area contributed by atoms with Crippen molar-refractivity contribution in [2.45, 2.75) is 26.4 Å². The molecule has 0 aliphatic heterocycles. The van der Waals surface area contributed by atoms with E-state index in [0.29, 0.717) is 0 Å². The van der Waals surface area contributed by atoms with Gasteiger partial charge in [0, 0.05) is 22.6 Å². The average Bonchev–Trinajstić information content (AvgIpc) is 1.84. The van der Waals surface area contributed by atoms with E-state index in [1.165, 1.54) is 13.8 Å². The Morgan fingerprint density at radius 3 is 2.31 bits per heavy atom. The quantitative estimate of drug-likeness (QED) is 0.448. The van der Waals surface area contributed by atoms with Gasteiger partial charge in [-0.25, -0.2) is 4.79 Å². The molecule has 1 radical (unpaired) electrons. The van der Waals surface area contributed by atoms with E-state index in [9.17, 15) is 9.59 Å². The van der Waals surface area contributed by atoms with Gasteiger partial charge in [0.2, 0.25) is 0 Å². The molecule has 1 N–H and O–H groups in total. The fourth-order valence-electron chi connectivity index (χ4n) is 0.571. The first-order chi connectivity index (χ1) is 5.43. The minimum absolute atomic E-state index is 0. The first-order valence-corrected chi connectivity index (χ1v) is 3.51. The molecule has 0 saturated carbocycles. The Labute approximate surface area is 87.4 Å². The number of aliphatic carboxylic acids is 1. The molecule has 0 fully saturated rings. The molecule has 0 aromatic rings. The number of carboxylic acid groups (broad SMARTS) is 1. The van der Waals surface area contributed by atoms with Crippen LogP contribution in [-0.4, -0.2) is 23.1 Å². The molecule has 0 aliphatic rings. The second-order valence-corrected chi connectivity index (χ2v) is 2.59. The predicted octanol–water partition coefficient (Wildman–Crippen LogP) is 0.966. The number of esters is 1. The summed E-state index contributed by atoms with van der Waals surface area (Å²) in [7, 11) is 0. The third-order valence-corrected chi connectivity index (χ3v) is 1.12. The van der Waals surface area contributed by atoms with Crippen LogP contribution < -0.4 is 0 Å². The molecule has 1 atom stereocenters. The van der Waals surface area contributed by atoms with Crippen molar-refractivity contribution >= 4 is 11.9 Å². The first-order valence-electron chi connectivity index (χ1n) is 3.51. The maximum Gasteiger partial charge on any atom is 0.333 e. The van der Waals surface area contributed by atoms with Crippen LogP contribution in [0.25, 0.3) is 0 Å². The van der Waals surface area contributed by atoms with Crippen molar-refractivity contribution < 1.29 is 36.5 Å². The number of hydrogen-bond donors (Lipinski definition) is 1. The third kappa shape index (κ3) is 7.56. The number of hydrogen-bond acceptors (Lipinski definition) is 3. The van der Waals surface area contributed by atoms with E-state index in [-0.39, 0.29) is 29.1 Å². The number of carbonyl (C=O) groups is 2. The van der Waals surface area contributed by atoms with Crippen LogP contribution in [0.4, 0.5) is 0 Å². The van der Waals surface area contributed by atoms with E-state index < -0.39 is 18.0 Å². The van der Waals surface area contributed by atoms with Crippen LogP contribution in [0.1, 0.15) is 20.3 Å². The van der Waals surface area contributed by atoms with Crippen LogP contribution in [0.5, 0.6) is 0 Å². The minimum Gasteiger partial charge on any atom is -0.481 e. The second kappa shape index (κ2) is 6.69. The van der Waals surface area contributed by atoms with Gasteiger partial charge in [0.1, 0.15) is 6.10 Å². The fourth-order valence-corrected chi connectivity index (χ4v) is 0.571. The van der Waals surface area contributed by atoms with Crippen LogP contribution in [0.3, 0.4) is 0 Å². The Hall–Kier alpha value is -0.801. The van der Waals surface area contributed by atoms with Crippen LogP contribution in [0.15, 0.2) is 12.2 Å². The summed E-state index contributed by atoms with van der Waals surface area (Å²) in [5.41, 5.74) is 0.271. The standard InChI is InChI=1S/C8H12O4.Cu/c1-5(2)8(11)12-6(3)4-7(9)10;/h6H,1,4H2,2-3H3,(H,9,10);. The van der Waals surface area contributed by atoms with Gasteiger partial charge in [0.25, 0.3) is 0 Å². The Bertz CT molecular complexity index is 212. The maximum atomic E-state index is 10.8. The molecule has 5 heteroatoms. The van der Waals surface area contributed by atoms with Crippen LogP contribution in [0.2, 0.25) is 0 Å². The molecular weight excluding hydrogens is 224 g/mol. The normalized spacial score (nSPS) is 10.9. The molecule has 0 aromatic carbocycles. The molecule has 0 spiro atoms. The summed E-state index contributed by atoms with van der Waals surface area (Å²) in [6.45, 7) is 6.40. The van der Waals surface area contributed by atoms with Gasteiger partial charge in [0.05, 0.1) is 6.42 Å². The van der Waals surface area contributed by atoms with Crippen LogP contribution in [-0.2, 0) is 31.4 Å². The van der Waals surface area contributed by atoms with Gasteiger partial charge in [-0.15, -0.1) is 0 Å². The molecule has 79 valence electrons. The van der Waals surface area contributed by atoms with E-state index in [4.69, 9.17) is 9.84 Å². The van der Waals surface area contributed by atoms with E-state index in [1.54, 1.807) is 0 Å². The van der Waals surface area contributed by atoms with E-state index in [2.05, 4.69) is 6.58 Å². The van der Waals surface area contributed by atoms with Crippen molar-refractivity contribution in [3.8, 4) is 0 Å². The number of carboxylic acids is 1. The molecule has 0 aromatic heterocycles. The smallest absolute Gasteiger partial charge is 0.333 e. The van der Waals surface area contributed by atoms with E-state index >= 15 is 0 Å². The summed E-state index contributed by atoms with van der Waals surface area (Å²) in [6, 6.07) is 0. The summed E-state index contributed by atoms with van der Waals surface area (Å²) in [5.74, 6) is -1.54. The maximum absolute atomic E-state index is 10.8. The summed E-state index contributed by atoms with van der Waals surface area (Å²) in [4.78, 5) is 21.0. The molecule has 4 nitrogen and oxygen atoms in total. The zero-order valence-corrected chi connectivity index (χ0v) is 8.41. The van der Waals surface area contributed by atoms with E-state index in [1.807, 2.05) is 0 Å². The topological polar surface area (TPSA) is 63.6 Å².